The second kappa shape index (κ2) is 9.42. The lowest BCUT2D eigenvalue weighted by Gasteiger charge is -2.38. The summed E-state index contributed by atoms with van der Waals surface area (Å²) in [5, 5.41) is 3.40. The van der Waals surface area contributed by atoms with Crippen molar-refractivity contribution in [3.63, 3.8) is 0 Å². The first-order chi connectivity index (χ1) is 13.2. The Labute approximate surface area is 161 Å². The molecule has 2 unspecified atom stereocenters. The van der Waals surface area contributed by atoms with Crippen LogP contribution in [0.25, 0.3) is 0 Å². The number of nitrogens with one attached hydrogen (secondary N) is 1. The summed E-state index contributed by atoms with van der Waals surface area (Å²) >= 11 is 0. The van der Waals surface area contributed by atoms with Crippen LogP contribution >= 0.6 is 0 Å². The van der Waals surface area contributed by atoms with Gasteiger partial charge in [0, 0.05) is 31.1 Å². The number of ether oxygens (including phenoxy) is 2. The van der Waals surface area contributed by atoms with E-state index in [9.17, 15) is 4.79 Å². The van der Waals surface area contributed by atoms with Gasteiger partial charge in [-0.1, -0.05) is 43.3 Å². The molecule has 2 aromatic carbocycles. The Morgan fingerprint density at radius 2 is 1.93 bits per heavy atom. The van der Waals surface area contributed by atoms with Gasteiger partial charge in [-0.2, -0.15) is 0 Å². The molecule has 1 amide bonds. The molecule has 1 aliphatic rings. The van der Waals surface area contributed by atoms with Crippen LogP contribution in [0.4, 0.5) is 0 Å². The van der Waals surface area contributed by atoms with E-state index in [2.05, 4.69) is 5.32 Å². The van der Waals surface area contributed by atoms with Gasteiger partial charge in [0.05, 0.1) is 19.8 Å². The lowest BCUT2D eigenvalue weighted by molar-refractivity contribution is -0.138. The molecule has 5 nitrogen and oxygen atoms in total. The fourth-order valence-electron chi connectivity index (χ4n) is 3.46. The maximum absolute atomic E-state index is 13.1. The van der Waals surface area contributed by atoms with Crippen LogP contribution in [-0.2, 0) is 4.79 Å². The minimum absolute atomic E-state index is 0.0140. The zero-order valence-electron chi connectivity index (χ0n) is 16.1. The first kappa shape index (κ1) is 19.2. The van der Waals surface area contributed by atoms with Gasteiger partial charge in [0.15, 0.2) is 0 Å². The standard InChI is InChI=1S/C22H28N2O3/c1-17(12-15-27-18-8-4-3-5-9-18)22(25)24-14-13-23-16-20(24)19-10-6-7-11-21(19)26-2/h3-11,17,20,23H,12-16H2,1-2H3. The highest BCUT2D eigenvalue weighted by Crippen LogP contribution is 2.31. The number of piperazine rings is 1. The molecule has 1 N–H and O–H groups in total. The Kier molecular flexibility index (Phi) is 6.71. The van der Waals surface area contributed by atoms with E-state index in [0.717, 1.165) is 30.2 Å². The number of nitrogens with zero attached hydrogens (tertiary/aromatic N) is 1. The molecule has 0 bridgehead atoms. The van der Waals surface area contributed by atoms with Gasteiger partial charge in [0.25, 0.3) is 0 Å². The van der Waals surface area contributed by atoms with E-state index in [0.29, 0.717) is 19.6 Å². The smallest absolute Gasteiger partial charge is 0.226 e. The maximum Gasteiger partial charge on any atom is 0.226 e. The van der Waals surface area contributed by atoms with Crippen molar-refractivity contribution in [2.24, 2.45) is 5.92 Å². The highest BCUT2D eigenvalue weighted by Gasteiger charge is 2.32. The molecule has 2 atom stereocenters. The molecule has 1 heterocycles. The van der Waals surface area contributed by atoms with Gasteiger partial charge in [-0.25, -0.2) is 0 Å². The minimum Gasteiger partial charge on any atom is -0.496 e. The van der Waals surface area contributed by atoms with Crippen LogP contribution in [0.5, 0.6) is 11.5 Å². The van der Waals surface area contributed by atoms with Gasteiger partial charge in [-0.05, 0) is 24.6 Å². The number of hydrogen-bond acceptors (Lipinski definition) is 4. The number of methoxy groups -OCH3 is 1. The number of amides is 1. The third-order valence-corrected chi connectivity index (χ3v) is 5.01. The van der Waals surface area contributed by atoms with Crippen molar-refractivity contribution < 1.29 is 14.3 Å². The Morgan fingerprint density at radius 3 is 2.70 bits per heavy atom. The molecular weight excluding hydrogens is 340 g/mol. The summed E-state index contributed by atoms with van der Waals surface area (Å²) in [5.41, 5.74) is 1.05. The Morgan fingerprint density at radius 1 is 1.19 bits per heavy atom. The van der Waals surface area contributed by atoms with Crippen LogP contribution in [0.2, 0.25) is 0 Å². The average molecular weight is 368 g/mol. The van der Waals surface area contributed by atoms with Gasteiger partial charge >= 0.3 is 0 Å². The molecule has 1 saturated heterocycles. The Bertz CT molecular complexity index is 735. The van der Waals surface area contributed by atoms with Crippen LogP contribution in [-0.4, -0.2) is 44.2 Å². The van der Waals surface area contributed by atoms with Crippen LogP contribution in [0.3, 0.4) is 0 Å². The van der Waals surface area contributed by atoms with Crippen LogP contribution in [0.15, 0.2) is 54.6 Å². The fourth-order valence-corrected chi connectivity index (χ4v) is 3.46. The largest absolute Gasteiger partial charge is 0.496 e. The summed E-state index contributed by atoms with van der Waals surface area (Å²) in [7, 11) is 1.67. The number of para-hydroxylation sites is 2. The van der Waals surface area contributed by atoms with Gasteiger partial charge in [0.2, 0.25) is 5.91 Å². The van der Waals surface area contributed by atoms with Gasteiger partial charge < -0.3 is 19.7 Å². The zero-order chi connectivity index (χ0) is 19.1. The van der Waals surface area contributed by atoms with Crippen molar-refractivity contribution >= 4 is 5.91 Å². The molecule has 0 spiro atoms. The Hall–Kier alpha value is -2.53. The highest BCUT2D eigenvalue weighted by atomic mass is 16.5. The molecule has 1 fully saturated rings. The molecule has 2 aromatic rings. The predicted octanol–water partition coefficient (Wildman–Crippen LogP) is 3.27. The summed E-state index contributed by atoms with van der Waals surface area (Å²) < 4.78 is 11.3. The zero-order valence-corrected chi connectivity index (χ0v) is 16.1. The molecule has 0 saturated carbocycles. The lowest BCUT2D eigenvalue weighted by Crippen LogP contribution is -2.50. The second-order valence-corrected chi connectivity index (χ2v) is 6.84. The van der Waals surface area contributed by atoms with Crippen molar-refractivity contribution in [1.82, 2.24) is 10.2 Å². The second-order valence-electron chi connectivity index (χ2n) is 6.84. The SMILES string of the molecule is COc1ccccc1C1CNCCN1C(=O)C(C)CCOc1ccccc1. The summed E-state index contributed by atoms with van der Waals surface area (Å²) in [4.78, 5) is 15.1. The number of carbonyl (C=O) groups is 1. The van der Waals surface area contributed by atoms with E-state index in [1.54, 1.807) is 7.11 Å². The van der Waals surface area contributed by atoms with Crippen LogP contribution in [0, 0.1) is 5.92 Å². The van der Waals surface area contributed by atoms with Gasteiger partial charge in [-0.15, -0.1) is 0 Å². The first-order valence-electron chi connectivity index (χ1n) is 9.52. The van der Waals surface area contributed by atoms with Crippen molar-refractivity contribution in [2.75, 3.05) is 33.4 Å². The fraction of sp³-hybridized carbons (Fsp3) is 0.409. The number of rotatable bonds is 7. The average Bonchev–Trinajstić information content (AvgIpc) is 2.74. The molecule has 0 aliphatic carbocycles. The molecular formula is C22H28N2O3. The van der Waals surface area contributed by atoms with Crippen LogP contribution in [0.1, 0.15) is 24.9 Å². The summed E-state index contributed by atoms with van der Waals surface area (Å²) in [6, 6.07) is 17.6. The van der Waals surface area contributed by atoms with E-state index >= 15 is 0 Å². The van der Waals surface area contributed by atoms with Crippen molar-refractivity contribution in [3.05, 3.63) is 60.2 Å². The van der Waals surface area contributed by atoms with E-state index < -0.39 is 0 Å². The van der Waals surface area contributed by atoms with Crippen molar-refractivity contribution in [1.29, 1.82) is 0 Å². The summed E-state index contributed by atoms with van der Waals surface area (Å²) in [6.45, 7) is 4.76. The third-order valence-electron chi connectivity index (χ3n) is 5.01. The molecule has 0 radical (unpaired) electrons. The normalized spacial score (nSPS) is 18.0. The molecule has 0 aromatic heterocycles. The quantitative estimate of drug-likeness (QED) is 0.815. The molecule has 3 rings (SSSR count). The van der Waals surface area contributed by atoms with E-state index in [-0.39, 0.29) is 17.9 Å². The van der Waals surface area contributed by atoms with Gasteiger partial charge in [-0.3, -0.25) is 4.79 Å². The number of hydrogen-bond donors (Lipinski definition) is 1. The number of carbonyl (C=O) groups excluding carboxylic acids is 1. The van der Waals surface area contributed by atoms with Gasteiger partial charge in [0.1, 0.15) is 11.5 Å². The van der Waals surface area contributed by atoms with Crippen molar-refractivity contribution in [2.45, 2.75) is 19.4 Å². The van der Waals surface area contributed by atoms with E-state index in [1.807, 2.05) is 66.4 Å². The minimum atomic E-state index is -0.0935. The molecule has 144 valence electrons. The molecule has 5 heteroatoms. The molecule has 27 heavy (non-hydrogen) atoms. The highest BCUT2D eigenvalue weighted by molar-refractivity contribution is 5.79. The van der Waals surface area contributed by atoms with Crippen LogP contribution < -0.4 is 14.8 Å². The summed E-state index contributed by atoms with van der Waals surface area (Å²) in [5.74, 6) is 1.74. The maximum atomic E-state index is 13.1. The number of benzene rings is 2. The Balaban J connectivity index is 1.64. The summed E-state index contributed by atoms with van der Waals surface area (Å²) in [6.07, 6.45) is 0.691. The third kappa shape index (κ3) is 4.80. The van der Waals surface area contributed by atoms with E-state index in [4.69, 9.17) is 9.47 Å². The van der Waals surface area contributed by atoms with E-state index in [1.165, 1.54) is 0 Å². The topological polar surface area (TPSA) is 50.8 Å². The monoisotopic (exact) mass is 368 g/mol. The van der Waals surface area contributed by atoms with Crippen molar-refractivity contribution in [3.8, 4) is 11.5 Å². The predicted molar refractivity (Wildman–Crippen MR) is 106 cm³/mol. The lowest BCUT2D eigenvalue weighted by atomic mass is 9.99. The first-order valence-corrected chi connectivity index (χ1v) is 9.52. The molecule has 1 aliphatic heterocycles.